The summed E-state index contributed by atoms with van der Waals surface area (Å²) in [5.41, 5.74) is 2.50. The van der Waals surface area contributed by atoms with Gasteiger partial charge in [0.2, 0.25) is 0 Å². The van der Waals surface area contributed by atoms with Crippen LogP contribution in [0.1, 0.15) is 27.7 Å². The third-order valence-electron chi connectivity index (χ3n) is 3.21. The Balaban J connectivity index is 0. The van der Waals surface area contributed by atoms with Gasteiger partial charge in [-0.1, -0.05) is 100 Å². The van der Waals surface area contributed by atoms with Crippen molar-refractivity contribution in [1.29, 1.82) is 0 Å². The molecule has 0 aliphatic rings. The Labute approximate surface area is 174 Å². The smallest absolute Gasteiger partial charge is 0.0360 e. The number of para-hydroxylation sites is 2. The van der Waals surface area contributed by atoms with E-state index in [0.717, 1.165) is 0 Å². The Hall–Kier alpha value is -2.74. The van der Waals surface area contributed by atoms with Gasteiger partial charge in [0.15, 0.2) is 0 Å². The zero-order valence-corrected chi connectivity index (χ0v) is 19.1. The minimum Gasteiger partial charge on any atom is -0.378 e. The van der Waals surface area contributed by atoms with Crippen LogP contribution in [0.5, 0.6) is 0 Å². The lowest BCUT2D eigenvalue weighted by Gasteiger charge is -2.10. The lowest BCUT2D eigenvalue weighted by molar-refractivity contribution is 1.13. The zero-order chi connectivity index (χ0) is 21.6. The topological polar surface area (TPSA) is 6.48 Å². The summed E-state index contributed by atoms with van der Waals surface area (Å²) in [4.78, 5) is 4.17. The molecular weight excluding hydrogens is 340 g/mol. The molecule has 0 atom stereocenters. The van der Waals surface area contributed by atoms with Crippen LogP contribution >= 0.6 is 0 Å². The minimum atomic E-state index is 1.25. The van der Waals surface area contributed by atoms with E-state index in [1.165, 1.54) is 11.4 Å². The molecule has 0 aromatic heterocycles. The van der Waals surface area contributed by atoms with E-state index in [1.54, 1.807) is 0 Å². The standard InChI is InChI=1S/2C8H11N.C6H6.2C2H6/c2*1-9(2)8-6-4-3-5-7-8;1-2-4-6-5-3-1;2*1-2/h2*3-7H,1-2H3;1-6H;2*1-2H3. The largest absolute Gasteiger partial charge is 0.378 e. The molecule has 0 aliphatic heterocycles. The molecule has 0 unspecified atom stereocenters. The number of hydrogen-bond acceptors (Lipinski definition) is 2. The highest BCUT2D eigenvalue weighted by molar-refractivity contribution is 5.44. The van der Waals surface area contributed by atoms with Gasteiger partial charge < -0.3 is 9.80 Å². The summed E-state index contributed by atoms with van der Waals surface area (Å²) in [7, 11) is 8.15. The first kappa shape index (κ1) is 27.5. The molecular formula is C26H40N2. The maximum absolute atomic E-state index is 2.08. The molecule has 3 aromatic rings. The Morgan fingerprint density at radius 1 is 0.357 bits per heavy atom. The van der Waals surface area contributed by atoms with E-state index in [2.05, 4.69) is 34.1 Å². The normalized spacial score (nSPS) is 8.00. The highest BCUT2D eigenvalue weighted by atomic mass is 15.1. The van der Waals surface area contributed by atoms with E-state index < -0.39 is 0 Å². The fourth-order valence-electron chi connectivity index (χ4n) is 1.84. The van der Waals surface area contributed by atoms with Gasteiger partial charge in [-0.25, -0.2) is 0 Å². The summed E-state index contributed by atoms with van der Waals surface area (Å²) < 4.78 is 0. The molecule has 0 saturated heterocycles. The van der Waals surface area contributed by atoms with Crippen molar-refractivity contribution in [3.05, 3.63) is 97.1 Å². The number of anilines is 2. The maximum atomic E-state index is 2.08. The third kappa shape index (κ3) is 15.5. The molecule has 0 fully saturated rings. The van der Waals surface area contributed by atoms with E-state index in [0.29, 0.717) is 0 Å². The second-order valence-corrected chi connectivity index (χ2v) is 5.61. The summed E-state index contributed by atoms with van der Waals surface area (Å²) in [5.74, 6) is 0. The van der Waals surface area contributed by atoms with Crippen molar-refractivity contribution < 1.29 is 0 Å². The summed E-state index contributed by atoms with van der Waals surface area (Å²) >= 11 is 0. The van der Waals surface area contributed by atoms with E-state index in [4.69, 9.17) is 0 Å². The van der Waals surface area contributed by atoms with E-state index in [-0.39, 0.29) is 0 Å². The van der Waals surface area contributed by atoms with Crippen molar-refractivity contribution in [2.24, 2.45) is 0 Å². The fourth-order valence-corrected chi connectivity index (χ4v) is 1.84. The number of benzene rings is 3. The first-order valence-electron chi connectivity index (χ1n) is 10.1. The van der Waals surface area contributed by atoms with Crippen molar-refractivity contribution in [2.75, 3.05) is 38.0 Å². The molecule has 2 nitrogen and oxygen atoms in total. The van der Waals surface area contributed by atoms with E-state index in [1.807, 2.05) is 129 Å². The molecule has 0 amide bonds. The fraction of sp³-hybridized carbons (Fsp3) is 0.308. The molecule has 2 heteroatoms. The van der Waals surface area contributed by atoms with Crippen LogP contribution in [-0.4, -0.2) is 28.2 Å². The first-order valence-corrected chi connectivity index (χ1v) is 10.1. The number of rotatable bonds is 2. The van der Waals surface area contributed by atoms with Gasteiger partial charge in [-0.3, -0.25) is 0 Å². The highest BCUT2D eigenvalue weighted by Gasteiger charge is 1.88. The molecule has 0 aliphatic carbocycles. The molecule has 154 valence electrons. The molecule has 0 bridgehead atoms. The summed E-state index contributed by atoms with van der Waals surface area (Å²) in [5, 5.41) is 0. The molecule has 0 heterocycles. The van der Waals surface area contributed by atoms with Crippen LogP contribution in [0.25, 0.3) is 0 Å². The van der Waals surface area contributed by atoms with Crippen LogP contribution in [0, 0.1) is 0 Å². The molecule has 3 rings (SSSR count). The average Bonchev–Trinajstić information content (AvgIpc) is 2.80. The average molecular weight is 381 g/mol. The molecule has 0 radical (unpaired) electrons. The van der Waals surface area contributed by atoms with E-state index in [9.17, 15) is 0 Å². The Bertz CT molecular complexity index is 550. The predicted molar refractivity (Wildman–Crippen MR) is 131 cm³/mol. The van der Waals surface area contributed by atoms with Gasteiger partial charge in [-0.15, -0.1) is 0 Å². The summed E-state index contributed by atoms with van der Waals surface area (Å²) in [6.45, 7) is 8.00. The summed E-state index contributed by atoms with van der Waals surface area (Å²) in [6, 6.07) is 32.5. The molecule has 3 aromatic carbocycles. The lowest BCUT2D eigenvalue weighted by atomic mass is 10.3. The minimum absolute atomic E-state index is 1.25. The first-order chi connectivity index (χ1) is 13.6. The molecule has 0 spiro atoms. The third-order valence-corrected chi connectivity index (χ3v) is 3.21. The quantitative estimate of drug-likeness (QED) is 0.462. The Morgan fingerprint density at radius 2 is 0.536 bits per heavy atom. The maximum Gasteiger partial charge on any atom is 0.0360 e. The molecule has 0 saturated carbocycles. The van der Waals surface area contributed by atoms with Crippen molar-refractivity contribution in [3.8, 4) is 0 Å². The Kier molecular flexibility index (Phi) is 20.2. The van der Waals surface area contributed by atoms with Gasteiger partial charge in [-0.2, -0.15) is 0 Å². The van der Waals surface area contributed by atoms with Gasteiger partial charge in [0, 0.05) is 39.6 Å². The SMILES string of the molecule is CC.CC.CN(C)c1ccccc1.CN(C)c1ccccc1.c1ccccc1. The predicted octanol–water partition coefficient (Wildman–Crippen LogP) is 7.24. The second kappa shape index (κ2) is 20.6. The van der Waals surface area contributed by atoms with Crippen LogP contribution in [0.4, 0.5) is 11.4 Å². The monoisotopic (exact) mass is 380 g/mol. The second-order valence-electron chi connectivity index (χ2n) is 5.61. The van der Waals surface area contributed by atoms with Crippen molar-refractivity contribution in [3.63, 3.8) is 0 Å². The van der Waals surface area contributed by atoms with Crippen LogP contribution < -0.4 is 9.80 Å². The number of hydrogen-bond donors (Lipinski definition) is 0. The highest BCUT2D eigenvalue weighted by Crippen LogP contribution is 2.08. The number of nitrogens with zero attached hydrogens (tertiary/aromatic N) is 2. The van der Waals surface area contributed by atoms with Gasteiger partial charge in [0.25, 0.3) is 0 Å². The molecule has 0 N–H and O–H groups in total. The van der Waals surface area contributed by atoms with Crippen LogP contribution in [-0.2, 0) is 0 Å². The van der Waals surface area contributed by atoms with Crippen LogP contribution in [0.15, 0.2) is 97.1 Å². The van der Waals surface area contributed by atoms with Crippen molar-refractivity contribution in [2.45, 2.75) is 27.7 Å². The van der Waals surface area contributed by atoms with Crippen LogP contribution in [0.2, 0.25) is 0 Å². The van der Waals surface area contributed by atoms with E-state index >= 15 is 0 Å². The molecule has 28 heavy (non-hydrogen) atoms. The van der Waals surface area contributed by atoms with Gasteiger partial charge in [0.05, 0.1) is 0 Å². The van der Waals surface area contributed by atoms with Gasteiger partial charge in [0.1, 0.15) is 0 Å². The van der Waals surface area contributed by atoms with Gasteiger partial charge in [-0.05, 0) is 24.3 Å². The Morgan fingerprint density at radius 3 is 0.679 bits per heavy atom. The van der Waals surface area contributed by atoms with Crippen molar-refractivity contribution in [1.82, 2.24) is 0 Å². The van der Waals surface area contributed by atoms with Crippen LogP contribution in [0.3, 0.4) is 0 Å². The summed E-state index contributed by atoms with van der Waals surface area (Å²) in [6.07, 6.45) is 0. The van der Waals surface area contributed by atoms with Crippen molar-refractivity contribution >= 4 is 11.4 Å². The lowest BCUT2D eigenvalue weighted by Crippen LogP contribution is -2.07. The zero-order valence-electron chi connectivity index (χ0n) is 19.1. The van der Waals surface area contributed by atoms with Gasteiger partial charge >= 0.3 is 0 Å².